The van der Waals surface area contributed by atoms with Gasteiger partial charge in [-0.1, -0.05) is 22.9 Å². The van der Waals surface area contributed by atoms with Crippen molar-refractivity contribution in [2.24, 2.45) is 0 Å². The Hall–Kier alpha value is -3.48. The number of nitrogens with one attached hydrogen (secondary N) is 1. The van der Waals surface area contributed by atoms with E-state index < -0.39 is 9.84 Å². The molecule has 3 aromatic heterocycles. The van der Waals surface area contributed by atoms with Crippen molar-refractivity contribution in [3.05, 3.63) is 86.2 Å². The lowest BCUT2D eigenvalue weighted by molar-refractivity contribution is 0.0954. The van der Waals surface area contributed by atoms with Gasteiger partial charge in [-0.25, -0.2) is 13.1 Å². The summed E-state index contributed by atoms with van der Waals surface area (Å²) in [5, 5.41) is 11.1. The standard InChI is InChI=1S/C24H22ClN5O5S2/c25-22-7-6-21(36-22)24(32)26-14-16-15-30(28-27-16)19-5-4-17(29-10-2-1-3-23(29)31)13-20(19)35-18-8-11-37(33,34)12-9-18/h1-7,10,13,15,18H,8-9,11-12,14H2,(H,26,32). The third kappa shape index (κ3) is 5.92. The van der Waals surface area contributed by atoms with Crippen LogP contribution < -0.4 is 15.6 Å². The Balaban J connectivity index is 1.40. The van der Waals surface area contributed by atoms with E-state index in [9.17, 15) is 18.0 Å². The third-order valence-corrected chi connectivity index (χ3v) is 8.80. The van der Waals surface area contributed by atoms with Crippen LogP contribution in [0.25, 0.3) is 11.4 Å². The highest BCUT2D eigenvalue weighted by molar-refractivity contribution is 7.91. The molecule has 1 aromatic carbocycles. The minimum atomic E-state index is -3.05. The van der Waals surface area contributed by atoms with E-state index >= 15 is 0 Å². The quantitative estimate of drug-likeness (QED) is 0.369. The lowest BCUT2D eigenvalue weighted by atomic mass is 10.2. The summed E-state index contributed by atoms with van der Waals surface area (Å²) in [4.78, 5) is 25.2. The van der Waals surface area contributed by atoms with Crippen LogP contribution in [0.4, 0.5) is 0 Å². The van der Waals surface area contributed by atoms with Gasteiger partial charge in [0, 0.05) is 18.3 Å². The number of nitrogens with zero attached hydrogens (tertiary/aromatic N) is 4. The average molecular weight is 560 g/mol. The molecule has 1 amide bonds. The Kier molecular flexibility index (Phi) is 7.13. The number of hydrogen-bond acceptors (Lipinski definition) is 8. The van der Waals surface area contributed by atoms with Gasteiger partial charge in [0.2, 0.25) is 0 Å². The second-order valence-electron chi connectivity index (χ2n) is 8.47. The highest BCUT2D eigenvalue weighted by Crippen LogP contribution is 2.29. The summed E-state index contributed by atoms with van der Waals surface area (Å²) >= 11 is 7.09. The van der Waals surface area contributed by atoms with Crippen LogP contribution in [0, 0.1) is 0 Å². The molecule has 0 radical (unpaired) electrons. The van der Waals surface area contributed by atoms with Crippen LogP contribution in [0.1, 0.15) is 28.2 Å². The maximum Gasteiger partial charge on any atom is 0.261 e. The van der Waals surface area contributed by atoms with Crippen molar-refractivity contribution >= 4 is 38.7 Å². The molecule has 13 heteroatoms. The normalized spacial score (nSPS) is 15.4. The number of sulfone groups is 1. The fourth-order valence-corrected chi connectivity index (χ4v) is 6.34. The summed E-state index contributed by atoms with van der Waals surface area (Å²) in [6, 6.07) is 13.4. The van der Waals surface area contributed by atoms with Crippen molar-refractivity contribution in [2.75, 3.05) is 11.5 Å². The smallest absolute Gasteiger partial charge is 0.261 e. The average Bonchev–Trinajstić information content (AvgIpc) is 3.53. The van der Waals surface area contributed by atoms with Gasteiger partial charge in [-0.15, -0.1) is 16.4 Å². The van der Waals surface area contributed by atoms with E-state index in [1.807, 2.05) is 0 Å². The molecule has 0 spiro atoms. The molecule has 0 bridgehead atoms. The summed E-state index contributed by atoms with van der Waals surface area (Å²) in [7, 11) is -3.05. The van der Waals surface area contributed by atoms with Gasteiger partial charge in [0.15, 0.2) is 9.84 Å². The van der Waals surface area contributed by atoms with Gasteiger partial charge in [-0.3, -0.25) is 14.2 Å². The van der Waals surface area contributed by atoms with Crippen LogP contribution in [0.3, 0.4) is 0 Å². The zero-order valence-corrected chi connectivity index (χ0v) is 21.8. The molecule has 5 rings (SSSR count). The van der Waals surface area contributed by atoms with Gasteiger partial charge >= 0.3 is 0 Å². The van der Waals surface area contributed by atoms with E-state index in [1.54, 1.807) is 54.9 Å². The predicted octanol–water partition coefficient (Wildman–Crippen LogP) is 3.02. The van der Waals surface area contributed by atoms with Crippen molar-refractivity contribution in [1.29, 1.82) is 0 Å². The first-order valence-electron chi connectivity index (χ1n) is 11.4. The zero-order chi connectivity index (χ0) is 26.0. The first-order valence-corrected chi connectivity index (χ1v) is 14.4. The first kappa shape index (κ1) is 25.2. The molecule has 1 aliphatic rings. The fourth-order valence-electron chi connectivity index (χ4n) is 3.93. The lowest BCUT2D eigenvalue weighted by Crippen LogP contribution is -2.31. The molecule has 1 N–H and O–H groups in total. The van der Waals surface area contributed by atoms with Crippen LogP contribution >= 0.6 is 22.9 Å². The van der Waals surface area contributed by atoms with E-state index in [0.29, 0.717) is 44.9 Å². The second kappa shape index (κ2) is 10.5. The minimum Gasteiger partial charge on any atom is -0.488 e. The molecule has 10 nitrogen and oxygen atoms in total. The number of rotatable bonds is 7. The van der Waals surface area contributed by atoms with Crippen LogP contribution in [0.2, 0.25) is 4.34 Å². The van der Waals surface area contributed by atoms with Crippen LogP contribution in [-0.4, -0.2) is 51.5 Å². The summed E-state index contributed by atoms with van der Waals surface area (Å²) in [6.45, 7) is 0.155. The Morgan fingerprint density at radius 2 is 1.97 bits per heavy atom. The number of ether oxygens (including phenoxy) is 1. The van der Waals surface area contributed by atoms with Crippen molar-refractivity contribution < 1.29 is 17.9 Å². The number of amides is 1. The zero-order valence-electron chi connectivity index (χ0n) is 19.4. The fraction of sp³-hybridized carbons (Fsp3) is 0.250. The van der Waals surface area contributed by atoms with E-state index in [2.05, 4.69) is 15.6 Å². The summed E-state index contributed by atoms with van der Waals surface area (Å²) < 4.78 is 33.5. The van der Waals surface area contributed by atoms with Gasteiger partial charge in [0.05, 0.1) is 39.1 Å². The van der Waals surface area contributed by atoms with Gasteiger partial charge in [0.25, 0.3) is 11.5 Å². The Morgan fingerprint density at radius 3 is 2.70 bits per heavy atom. The lowest BCUT2D eigenvalue weighted by Gasteiger charge is -2.24. The molecule has 4 heterocycles. The van der Waals surface area contributed by atoms with Gasteiger partial charge in [-0.05, 0) is 43.2 Å². The number of benzene rings is 1. The van der Waals surface area contributed by atoms with Gasteiger partial charge in [0.1, 0.15) is 23.2 Å². The number of thiophene rings is 1. The minimum absolute atomic E-state index is 0.0630. The summed E-state index contributed by atoms with van der Waals surface area (Å²) in [5.41, 5.74) is 1.48. The molecular weight excluding hydrogens is 538 g/mol. The molecule has 0 saturated carbocycles. The van der Waals surface area contributed by atoms with Crippen LogP contribution in [0.15, 0.2) is 65.7 Å². The largest absolute Gasteiger partial charge is 0.488 e. The molecule has 0 unspecified atom stereocenters. The first-order chi connectivity index (χ1) is 17.8. The molecule has 0 atom stereocenters. The summed E-state index contributed by atoms with van der Waals surface area (Å²) in [6.07, 6.45) is 3.77. The third-order valence-electron chi connectivity index (χ3n) is 5.85. The van der Waals surface area contributed by atoms with Crippen molar-refractivity contribution in [3.63, 3.8) is 0 Å². The van der Waals surface area contributed by atoms with E-state index in [4.69, 9.17) is 16.3 Å². The van der Waals surface area contributed by atoms with Crippen LogP contribution in [-0.2, 0) is 16.4 Å². The van der Waals surface area contributed by atoms with E-state index in [0.717, 1.165) is 0 Å². The molecule has 1 fully saturated rings. The van der Waals surface area contributed by atoms with Crippen molar-refractivity contribution in [3.8, 4) is 17.1 Å². The van der Waals surface area contributed by atoms with E-state index in [1.165, 1.54) is 26.7 Å². The van der Waals surface area contributed by atoms with E-state index in [-0.39, 0.29) is 35.6 Å². The maximum absolute atomic E-state index is 12.4. The SMILES string of the molecule is O=C(NCc1cn(-c2ccc(-n3ccccc3=O)cc2OC2CCS(=O)(=O)CC2)nn1)c1ccc(Cl)s1. The molecular formula is C24H22ClN5O5S2. The number of halogens is 1. The Morgan fingerprint density at radius 1 is 1.16 bits per heavy atom. The number of aromatic nitrogens is 4. The van der Waals surface area contributed by atoms with Crippen LogP contribution in [0.5, 0.6) is 5.75 Å². The maximum atomic E-state index is 12.4. The molecule has 0 aliphatic carbocycles. The highest BCUT2D eigenvalue weighted by atomic mass is 35.5. The van der Waals surface area contributed by atoms with Gasteiger partial charge in [-0.2, -0.15) is 0 Å². The van der Waals surface area contributed by atoms with Crippen molar-refractivity contribution in [2.45, 2.75) is 25.5 Å². The molecule has 1 saturated heterocycles. The topological polar surface area (TPSA) is 125 Å². The predicted molar refractivity (Wildman–Crippen MR) is 140 cm³/mol. The highest BCUT2D eigenvalue weighted by Gasteiger charge is 2.26. The van der Waals surface area contributed by atoms with Crippen molar-refractivity contribution in [1.82, 2.24) is 24.9 Å². The second-order valence-corrected chi connectivity index (χ2v) is 12.5. The number of carbonyl (C=O) groups is 1. The summed E-state index contributed by atoms with van der Waals surface area (Å²) in [5.74, 6) is 0.299. The number of hydrogen-bond donors (Lipinski definition) is 1. The van der Waals surface area contributed by atoms with Gasteiger partial charge < -0.3 is 10.1 Å². The Labute approximate surface area is 221 Å². The molecule has 4 aromatic rings. The number of carbonyl (C=O) groups excluding carboxylic acids is 1. The molecule has 192 valence electrons. The molecule has 1 aliphatic heterocycles. The molecule has 37 heavy (non-hydrogen) atoms. The monoisotopic (exact) mass is 559 g/mol. The Bertz CT molecular complexity index is 1600. The number of pyridine rings is 1.